The van der Waals surface area contributed by atoms with Gasteiger partial charge in [0.25, 0.3) is 5.91 Å². The number of morpholine rings is 1. The molecule has 0 bridgehead atoms. The van der Waals surface area contributed by atoms with E-state index in [0.717, 1.165) is 18.9 Å². The molecule has 9 heteroatoms. The fourth-order valence-corrected chi connectivity index (χ4v) is 4.21. The summed E-state index contributed by atoms with van der Waals surface area (Å²) in [6.45, 7) is 5.63. The van der Waals surface area contributed by atoms with E-state index in [1.165, 1.54) is 18.3 Å². The summed E-state index contributed by atoms with van der Waals surface area (Å²) < 4.78 is 22.6. The van der Waals surface area contributed by atoms with Crippen molar-refractivity contribution in [3.8, 4) is 11.5 Å². The van der Waals surface area contributed by atoms with E-state index in [0.29, 0.717) is 22.8 Å². The molecule has 1 saturated heterocycles. The molecule has 5 rings (SSSR count). The molecule has 1 fully saturated rings. The van der Waals surface area contributed by atoms with Gasteiger partial charge in [0.05, 0.1) is 36.0 Å². The van der Waals surface area contributed by atoms with E-state index in [9.17, 15) is 9.18 Å². The van der Waals surface area contributed by atoms with E-state index in [1.54, 1.807) is 27.6 Å². The van der Waals surface area contributed by atoms with E-state index in [4.69, 9.17) is 4.74 Å². The Hall–Kier alpha value is -3.98. The predicted octanol–water partition coefficient (Wildman–Crippen LogP) is 4.06. The molecule has 1 aromatic carbocycles. The minimum Gasteiger partial charge on any atom is -0.372 e. The number of rotatable bonds is 5. The van der Waals surface area contributed by atoms with Crippen LogP contribution in [0.15, 0.2) is 73.3 Å². The van der Waals surface area contributed by atoms with Crippen molar-refractivity contribution in [2.24, 2.45) is 0 Å². The zero-order chi connectivity index (χ0) is 23.7. The molecule has 4 aromatic rings. The van der Waals surface area contributed by atoms with Crippen LogP contribution in [-0.4, -0.2) is 50.5 Å². The lowest BCUT2D eigenvalue weighted by atomic mass is 10.2. The fourth-order valence-electron chi connectivity index (χ4n) is 4.21. The molecule has 1 aliphatic rings. The number of carbonyl (C=O) groups excluding carboxylic acids is 1. The Morgan fingerprint density at radius 3 is 2.38 bits per heavy atom. The zero-order valence-corrected chi connectivity index (χ0v) is 18.9. The summed E-state index contributed by atoms with van der Waals surface area (Å²) in [5, 5.41) is 7.31. The number of aromatic nitrogens is 4. The third-order valence-electron chi connectivity index (χ3n) is 5.66. The quantitative estimate of drug-likeness (QED) is 0.486. The van der Waals surface area contributed by atoms with Crippen molar-refractivity contribution in [3.05, 3.63) is 84.7 Å². The second kappa shape index (κ2) is 9.11. The number of anilines is 2. The van der Waals surface area contributed by atoms with E-state index >= 15 is 0 Å². The molecule has 34 heavy (non-hydrogen) atoms. The van der Waals surface area contributed by atoms with Gasteiger partial charge in [0.15, 0.2) is 5.82 Å². The van der Waals surface area contributed by atoms with Crippen LogP contribution in [0.2, 0.25) is 0 Å². The van der Waals surface area contributed by atoms with E-state index in [2.05, 4.69) is 20.3 Å². The maximum Gasteiger partial charge on any atom is 0.261 e. The SMILES string of the molecule is CC1CN(c2ccc(NC(=O)c3cnn(-c4ccc(F)cc4)c3-n3cccc3)cn2)CC(C)O1. The van der Waals surface area contributed by atoms with E-state index in [1.807, 2.05) is 50.5 Å². The first-order valence-electron chi connectivity index (χ1n) is 11.1. The van der Waals surface area contributed by atoms with Gasteiger partial charge in [-0.25, -0.2) is 14.1 Å². The standard InChI is InChI=1S/C25H25FN6O2/c1-17-15-31(16-18(2)34-17)23-10-7-20(13-27-23)29-24(33)22-14-28-32(21-8-5-19(26)6-9-21)25(22)30-11-3-4-12-30/h3-14,17-18H,15-16H2,1-2H3,(H,29,33). The zero-order valence-electron chi connectivity index (χ0n) is 18.9. The van der Waals surface area contributed by atoms with Crippen LogP contribution in [-0.2, 0) is 4.74 Å². The lowest BCUT2D eigenvalue weighted by Crippen LogP contribution is -2.45. The second-order valence-corrected chi connectivity index (χ2v) is 8.38. The average molecular weight is 461 g/mol. The van der Waals surface area contributed by atoms with Gasteiger partial charge in [-0.1, -0.05) is 0 Å². The molecule has 0 saturated carbocycles. The van der Waals surface area contributed by atoms with Crippen molar-refractivity contribution in [2.75, 3.05) is 23.3 Å². The lowest BCUT2D eigenvalue weighted by molar-refractivity contribution is -0.00545. The lowest BCUT2D eigenvalue weighted by Gasteiger charge is -2.36. The number of halogens is 1. The van der Waals surface area contributed by atoms with Crippen LogP contribution in [0.3, 0.4) is 0 Å². The normalized spacial score (nSPS) is 18.1. The Bertz CT molecular complexity index is 1260. The highest BCUT2D eigenvalue weighted by Crippen LogP contribution is 2.23. The largest absolute Gasteiger partial charge is 0.372 e. The van der Waals surface area contributed by atoms with Gasteiger partial charge >= 0.3 is 0 Å². The van der Waals surface area contributed by atoms with Crippen molar-refractivity contribution >= 4 is 17.4 Å². The van der Waals surface area contributed by atoms with Crippen LogP contribution in [0, 0.1) is 5.82 Å². The molecule has 2 atom stereocenters. The Labute approximate surface area is 196 Å². The minimum absolute atomic E-state index is 0.134. The molecule has 3 aromatic heterocycles. The first-order valence-corrected chi connectivity index (χ1v) is 11.1. The number of hydrogen-bond acceptors (Lipinski definition) is 5. The monoisotopic (exact) mass is 460 g/mol. The average Bonchev–Trinajstić information content (AvgIpc) is 3.49. The molecule has 174 valence electrons. The highest BCUT2D eigenvalue weighted by atomic mass is 19.1. The maximum atomic E-state index is 13.4. The van der Waals surface area contributed by atoms with Crippen LogP contribution in [0.25, 0.3) is 11.5 Å². The number of carbonyl (C=O) groups is 1. The predicted molar refractivity (Wildman–Crippen MR) is 127 cm³/mol. The molecule has 0 aliphatic carbocycles. The number of amides is 1. The summed E-state index contributed by atoms with van der Waals surface area (Å²) in [5.74, 6) is 0.737. The molecule has 0 radical (unpaired) electrons. The van der Waals surface area contributed by atoms with Crippen molar-refractivity contribution in [1.82, 2.24) is 19.3 Å². The number of nitrogens with one attached hydrogen (secondary N) is 1. The van der Waals surface area contributed by atoms with Crippen molar-refractivity contribution < 1.29 is 13.9 Å². The number of hydrogen-bond donors (Lipinski definition) is 1. The van der Waals surface area contributed by atoms with Crippen LogP contribution >= 0.6 is 0 Å². The third kappa shape index (κ3) is 4.42. The van der Waals surface area contributed by atoms with Crippen LogP contribution in [0.1, 0.15) is 24.2 Å². The van der Waals surface area contributed by atoms with Crippen molar-refractivity contribution in [3.63, 3.8) is 0 Å². The summed E-state index contributed by atoms with van der Waals surface area (Å²) in [7, 11) is 0. The molecular weight excluding hydrogens is 435 g/mol. The van der Waals surface area contributed by atoms with E-state index in [-0.39, 0.29) is 23.9 Å². The van der Waals surface area contributed by atoms with E-state index < -0.39 is 0 Å². The molecule has 1 N–H and O–H groups in total. The maximum absolute atomic E-state index is 13.4. The molecule has 0 spiro atoms. The van der Waals surface area contributed by atoms with Crippen LogP contribution in [0.4, 0.5) is 15.9 Å². The van der Waals surface area contributed by atoms with Gasteiger partial charge in [0, 0.05) is 25.5 Å². The molecule has 4 heterocycles. The smallest absolute Gasteiger partial charge is 0.261 e. The first kappa shape index (κ1) is 21.8. The number of benzene rings is 1. The number of pyridine rings is 1. The van der Waals surface area contributed by atoms with Gasteiger partial charge in [-0.05, 0) is 62.4 Å². The topological polar surface area (TPSA) is 77.2 Å². The van der Waals surface area contributed by atoms with Gasteiger partial charge in [-0.15, -0.1) is 0 Å². The first-order chi connectivity index (χ1) is 16.5. The third-order valence-corrected chi connectivity index (χ3v) is 5.66. The highest BCUT2D eigenvalue weighted by Gasteiger charge is 2.24. The molecular formula is C25H25FN6O2. The number of ether oxygens (including phenoxy) is 1. The summed E-state index contributed by atoms with van der Waals surface area (Å²) in [6, 6.07) is 13.4. The summed E-state index contributed by atoms with van der Waals surface area (Å²) in [6.07, 6.45) is 7.08. The van der Waals surface area contributed by atoms with Gasteiger partial charge in [-0.3, -0.25) is 4.79 Å². The Morgan fingerprint density at radius 1 is 1.03 bits per heavy atom. The second-order valence-electron chi connectivity index (χ2n) is 8.38. The Morgan fingerprint density at radius 2 is 1.74 bits per heavy atom. The van der Waals surface area contributed by atoms with Crippen LogP contribution < -0.4 is 10.2 Å². The summed E-state index contributed by atoms with van der Waals surface area (Å²) >= 11 is 0. The van der Waals surface area contributed by atoms with Crippen molar-refractivity contribution in [2.45, 2.75) is 26.1 Å². The molecule has 2 unspecified atom stereocenters. The molecule has 8 nitrogen and oxygen atoms in total. The van der Waals surface area contributed by atoms with Gasteiger partial charge in [0.2, 0.25) is 0 Å². The minimum atomic E-state index is -0.340. The summed E-state index contributed by atoms with van der Waals surface area (Å²) in [5.41, 5.74) is 1.60. The number of nitrogens with zero attached hydrogens (tertiary/aromatic N) is 5. The Kier molecular flexibility index (Phi) is 5.85. The molecule has 1 amide bonds. The van der Waals surface area contributed by atoms with Gasteiger partial charge in [-0.2, -0.15) is 5.10 Å². The summed E-state index contributed by atoms with van der Waals surface area (Å²) in [4.78, 5) is 19.9. The van der Waals surface area contributed by atoms with Gasteiger partial charge in [0.1, 0.15) is 17.2 Å². The van der Waals surface area contributed by atoms with Crippen molar-refractivity contribution in [1.29, 1.82) is 0 Å². The highest BCUT2D eigenvalue weighted by molar-refractivity contribution is 6.06. The van der Waals surface area contributed by atoms with Crippen LogP contribution in [0.5, 0.6) is 0 Å². The molecule has 1 aliphatic heterocycles. The Balaban J connectivity index is 1.39. The van der Waals surface area contributed by atoms with Gasteiger partial charge < -0.3 is 19.5 Å². The fraction of sp³-hybridized carbons (Fsp3) is 0.240.